The summed E-state index contributed by atoms with van der Waals surface area (Å²) in [6.45, 7) is 6.63. The van der Waals surface area contributed by atoms with Crippen LogP contribution < -0.4 is 10.6 Å². The molecule has 0 aliphatic carbocycles. The van der Waals surface area contributed by atoms with Crippen LogP contribution in [0.3, 0.4) is 0 Å². The number of aliphatic hydroxyl groups excluding tert-OH is 1. The third-order valence-corrected chi connectivity index (χ3v) is 3.68. The fourth-order valence-electron chi connectivity index (χ4n) is 2.41. The molecule has 7 heteroatoms. The summed E-state index contributed by atoms with van der Waals surface area (Å²) < 4.78 is 5.34. The zero-order valence-electron chi connectivity index (χ0n) is 11.5. The Morgan fingerprint density at radius 1 is 1.47 bits per heavy atom. The molecular weight excluding hydrogens is 266 g/mol. The smallest absolute Gasteiger partial charge is 0.410 e. The lowest BCUT2D eigenvalue weighted by atomic mass is 9.87. The molecule has 0 saturated carbocycles. The van der Waals surface area contributed by atoms with Gasteiger partial charge in [-0.2, -0.15) is 0 Å². The molecule has 0 bridgehead atoms. The van der Waals surface area contributed by atoms with E-state index in [1.54, 1.807) is 4.90 Å². The Bertz CT molecular complexity index is 386. The summed E-state index contributed by atoms with van der Waals surface area (Å²) in [4.78, 5) is 13.6. The van der Waals surface area contributed by atoms with E-state index in [2.05, 4.69) is 10.6 Å². The lowest BCUT2D eigenvalue weighted by Crippen LogP contribution is -2.57. The number of carbonyl (C=O) groups excluding carboxylic acids is 1. The molecule has 0 aromatic heterocycles. The number of thiocarbonyl (C=S) groups is 1. The average molecular weight is 287 g/mol. The SMILES string of the molecule is CC(C)(C)OC(=O)N1CCC2(CC1)NC(=S)NC2O. The third-order valence-electron chi connectivity index (χ3n) is 3.46. The zero-order chi connectivity index (χ0) is 14.3. The van der Waals surface area contributed by atoms with E-state index in [1.165, 1.54) is 0 Å². The second kappa shape index (κ2) is 4.79. The second-order valence-corrected chi connectivity index (χ2v) is 6.53. The largest absolute Gasteiger partial charge is 0.444 e. The fraction of sp³-hybridized carbons (Fsp3) is 0.833. The molecule has 2 fully saturated rings. The van der Waals surface area contributed by atoms with Crippen molar-refractivity contribution in [1.29, 1.82) is 0 Å². The molecule has 3 N–H and O–H groups in total. The quantitative estimate of drug-likeness (QED) is 0.565. The summed E-state index contributed by atoms with van der Waals surface area (Å²) in [5, 5.41) is 16.4. The van der Waals surface area contributed by atoms with Gasteiger partial charge in [-0.15, -0.1) is 0 Å². The molecule has 108 valence electrons. The van der Waals surface area contributed by atoms with Crippen molar-refractivity contribution in [3.63, 3.8) is 0 Å². The maximum Gasteiger partial charge on any atom is 0.410 e. The average Bonchev–Trinajstić information content (AvgIpc) is 2.52. The molecule has 2 heterocycles. The minimum Gasteiger partial charge on any atom is -0.444 e. The molecule has 2 aliphatic rings. The first-order chi connectivity index (χ1) is 8.72. The maximum atomic E-state index is 11.9. The summed E-state index contributed by atoms with van der Waals surface area (Å²) in [7, 11) is 0. The van der Waals surface area contributed by atoms with Crippen molar-refractivity contribution in [1.82, 2.24) is 15.5 Å². The van der Waals surface area contributed by atoms with Crippen LogP contribution in [0.25, 0.3) is 0 Å². The van der Waals surface area contributed by atoms with Gasteiger partial charge in [-0.3, -0.25) is 0 Å². The molecule has 2 saturated heterocycles. The Morgan fingerprint density at radius 3 is 2.47 bits per heavy atom. The zero-order valence-corrected chi connectivity index (χ0v) is 12.3. The van der Waals surface area contributed by atoms with Crippen molar-refractivity contribution in [2.24, 2.45) is 0 Å². The van der Waals surface area contributed by atoms with Gasteiger partial charge in [0.1, 0.15) is 11.8 Å². The highest BCUT2D eigenvalue weighted by atomic mass is 32.1. The van der Waals surface area contributed by atoms with Crippen LogP contribution in [0.4, 0.5) is 4.79 Å². The Kier molecular flexibility index (Phi) is 3.61. The number of hydrogen-bond acceptors (Lipinski definition) is 4. The standard InChI is InChI=1S/C12H21N3O3S/c1-11(2,3)18-10(17)15-6-4-12(5-7-15)8(16)13-9(19)14-12/h8,16H,4-7H2,1-3H3,(H2,13,14,19). The van der Waals surface area contributed by atoms with E-state index in [4.69, 9.17) is 17.0 Å². The number of likely N-dealkylation sites (tertiary alicyclic amines) is 1. The molecule has 2 rings (SSSR count). The van der Waals surface area contributed by atoms with E-state index in [9.17, 15) is 9.90 Å². The van der Waals surface area contributed by atoms with Crippen LogP contribution in [0.5, 0.6) is 0 Å². The van der Waals surface area contributed by atoms with Crippen LogP contribution in [0.1, 0.15) is 33.6 Å². The summed E-state index contributed by atoms with van der Waals surface area (Å²) in [5.74, 6) is 0. The van der Waals surface area contributed by atoms with Gasteiger partial charge in [0.05, 0.1) is 5.54 Å². The van der Waals surface area contributed by atoms with E-state index >= 15 is 0 Å². The number of nitrogens with one attached hydrogen (secondary N) is 2. The first-order valence-corrected chi connectivity index (χ1v) is 6.87. The number of rotatable bonds is 0. The monoisotopic (exact) mass is 287 g/mol. The van der Waals surface area contributed by atoms with Crippen LogP contribution in [0.2, 0.25) is 0 Å². The number of aliphatic hydroxyl groups is 1. The molecule has 1 amide bonds. The number of piperidine rings is 1. The van der Waals surface area contributed by atoms with Crippen molar-refractivity contribution >= 4 is 23.4 Å². The first kappa shape index (κ1) is 14.3. The van der Waals surface area contributed by atoms with Crippen LogP contribution in [-0.2, 0) is 4.74 Å². The van der Waals surface area contributed by atoms with E-state index in [1.807, 2.05) is 20.8 Å². The number of nitrogens with zero attached hydrogens (tertiary/aromatic N) is 1. The summed E-state index contributed by atoms with van der Waals surface area (Å²) in [5.41, 5.74) is -0.934. The molecule has 2 aliphatic heterocycles. The Labute approximate surface area is 118 Å². The Balaban J connectivity index is 1.92. The lowest BCUT2D eigenvalue weighted by molar-refractivity contribution is -0.0000264. The van der Waals surface area contributed by atoms with Crippen molar-refractivity contribution in [3.8, 4) is 0 Å². The number of ether oxygens (including phenoxy) is 1. The molecule has 1 spiro atoms. The number of amides is 1. The van der Waals surface area contributed by atoms with Gasteiger partial charge >= 0.3 is 6.09 Å². The van der Waals surface area contributed by atoms with Gasteiger partial charge in [-0.1, -0.05) is 0 Å². The van der Waals surface area contributed by atoms with Gasteiger partial charge in [0.15, 0.2) is 5.11 Å². The van der Waals surface area contributed by atoms with Crippen LogP contribution in [-0.4, -0.2) is 51.7 Å². The predicted octanol–water partition coefficient (Wildman–Crippen LogP) is 0.552. The number of hydrogen-bond donors (Lipinski definition) is 3. The van der Waals surface area contributed by atoms with Gasteiger partial charge < -0.3 is 25.4 Å². The minimum atomic E-state index is -0.694. The van der Waals surface area contributed by atoms with E-state index in [0.717, 1.165) is 0 Å². The molecule has 0 aromatic carbocycles. The molecular formula is C12H21N3O3S. The topological polar surface area (TPSA) is 73.8 Å². The Hall–Kier alpha value is -1.08. The Morgan fingerprint density at radius 2 is 2.05 bits per heavy atom. The lowest BCUT2D eigenvalue weighted by Gasteiger charge is -2.40. The molecule has 0 aromatic rings. The predicted molar refractivity (Wildman–Crippen MR) is 74.6 cm³/mol. The van der Waals surface area contributed by atoms with E-state index < -0.39 is 17.4 Å². The highest BCUT2D eigenvalue weighted by molar-refractivity contribution is 7.80. The molecule has 6 nitrogen and oxygen atoms in total. The van der Waals surface area contributed by atoms with E-state index in [0.29, 0.717) is 31.0 Å². The molecule has 19 heavy (non-hydrogen) atoms. The van der Waals surface area contributed by atoms with Crippen LogP contribution >= 0.6 is 12.2 Å². The van der Waals surface area contributed by atoms with Gasteiger partial charge in [0.25, 0.3) is 0 Å². The molecule has 0 radical (unpaired) electrons. The van der Waals surface area contributed by atoms with Gasteiger partial charge in [0.2, 0.25) is 0 Å². The first-order valence-electron chi connectivity index (χ1n) is 6.47. The van der Waals surface area contributed by atoms with Gasteiger partial charge in [-0.25, -0.2) is 4.79 Å². The van der Waals surface area contributed by atoms with Crippen molar-refractivity contribution in [3.05, 3.63) is 0 Å². The maximum absolute atomic E-state index is 11.9. The van der Waals surface area contributed by atoms with Crippen molar-refractivity contribution < 1.29 is 14.6 Å². The highest BCUT2D eigenvalue weighted by Gasteiger charge is 2.47. The van der Waals surface area contributed by atoms with Gasteiger partial charge in [-0.05, 0) is 45.8 Å². The van der Waals surface area contributed by atoms with Crippen molar-refractivity contribution in [2.45, 2.75) is 51.0 Å². The highest BCUT2D eigenvalue weighted by Crippen LogP contribution is 2.28. The van der Waals surface area contributed by atoms with Crippen LogP contribution in [0.15, 0.2) is 0 Å². The summed E-state index contributed by atoms with van der Waals surface area (Å²) in [6.07, 6.45) is 0.285. The second-order valence-electron chi connectivity index (χ2n) is 6.12. The number of carbonyl (C=O) groups is 1. The minimum absolute atomic E-state index is 0.301. The summed E-state index contributed by atoms with van der Waals surface area (Å²) >= 11 is 5.01. The van der Waals surface area contributed by atoms with Crippen LogP contribution in [0, 0.1) is 0 Å². The third kappa shape index (κ3) is 3.09. The summed E-state index contributed by atoms with van der Waals surface area (Å²) in [6, 6.07) is 0. The van der Waals surface area contributed by atoms with Crippen molar-refractivity contribution in [2.75, 3.05) is 13.1 Å². The molecule has 1 unspecified atom stereocenters. The fourth-order valence-corrected chi connectivity index (χ4v) is 2.72. The molecule has 1 atom stereocenters. The van der Waals surface area contributed by atoms with Gasteiger partial charge in [0, 0.05) is 13.1 Å². The van der Waals surface area contributed by atoms with E-state index in [-0.39, 0.29) is 6.09 Å². The normalized spacial score (nSPS) is 26.0.